The highest BCUT2D eigenvalue weighted by molar-refractivity contribution is 5.21. The van der Waals surface area contributed by atoms with Crippen LogP contribution in [0.1, 0.15) is 93.1 Å². The summed E-state index contributed by atoms with van der Waals surface area (Å²) >= 11 is 0. The summed E-state index contributed by atoms with van der Waals surface area (Å²) in [4.78, 5) is 12.1. The third-order valence-electron chi connectivity index (χ3n) is 4.89. The van der Waals surface area contributed by atoms with E-state index in [-0.39, 0.29) is 11.7 Å². The Labute approximate surface area is 188 Å². The minimum atomic E-state index is -0.164. The van der Waals surface area contributed by atoms with Crippen LogP contribution in [-0.4, -0.2) is 15.0 Å². The van der Waals surface area contributed by atoms with Gasteiger partial charge in [-0.2, -0.15) is 0 Å². The first-order chi connectivity index (χ1) is 14.5. The van der Waals surface area contributed by atoms with Gasteiger partial charge in [0.05, 0.1) is 5.69 Å². The molecule has 31 heavy (non-hydrogen) atoms. The van der Waals surface area contributed by atoms with Crippen LogP contribution in [0.5, 0.6) is 0 Å². The summed E-state index contributed by atoms with van der Waals surface area (Å²) in [5.74, 6) is 1.29. The molecule has 0 aromatic carbocycles. The van der Waals surface area contributed by atoms with E-state index in [0.29, 0.717) is 17.5 Å². The molecule has 3 heterocycles. The van der Waals surface area contributed by atoms with Gasteiger partial charge in [-0.3, -0.25) is 15.0 Å². The smallest absolute Gasteiger partial charge is 0.147 e. The molecule has 3 aromatic rings. The monoisotopic (exact) mass is 423 g/mol. The molecule has 3 rings (SSSR count). The lowest BCUT2D eigenvalue weighted by Crippen LogP contribution is -1.97. The summed E-state index contributed by atoms with van der Waals surface area (Å²) in [5.41, 5.74) is 6.17. The maximum Gasteiger partial charge on any atom is 0.147 e. The summed E-state index contributed by atoms with van der Waals surface area (Å²) in [6.07, 6.45) is 5.38. The van der Waals surface area contributed by atoms with Crippen LogP contribution < -0.4 is 0 Å². The van der Waals surface area contributed by atoms with E-state index in [4.69, 9.17) is 0 Å². The Hall–Kier alpha value is -2.62. The average molecular weight is 424 g/mol. The molecule has 0 aliphatic rings. The summed E-state index contributed by atoms with van der Waals surface area (Å²) < 4.78 is 13.2. The Morgan fingerprint density at radius 3 is 1.32 bits per heavy atom. The second kappa shape index (κ2) is 12.9. The van der Waals surface area contributed by atoms with Crippen molar-refractivity contribution in [3.63, 3.8) is 0 Å². The van der Waals surface area contributed by atoms with E-state index in [1.54, 1.807) is 19.2 Å². The number of pyridine rings is 3. The average Bonchev–Trinajstić information content (AvgIpc) is 2.71. The molecule has 0 radical (unpaired) electrons. The zero-order valence-corrected chi connectivity index (χ0v) is 20.6. The highest BCUT2D eigenvalue weighted by Gasteiger charge is 2.08. The van der Waals surface area contributed by atoms with Gasteiger partial charge >= 0.3 is 0 Å². The van der Waals surface area contributed by atoms with E-state index in [0.717, 1.165) is 17.0 Å². The largest absolute Gasteiger partial charge is 0.262 e. The third kappa shape index (κ3) is 9.37. The zero-order valence-electron chi connectivity index (χ0n) is 20.6. The summed E-state index contributed by atoms with van der Waals surface area (Å²) in [7, 11) is 0. The standard InChI is InChI=1S/C9H12FN.2C9H13N/c1-6(2)8-4-5-11-7(3)9(8)10;2*1-7(2)9-4-5-10-8(3)6-9/h4-6H,1-3H3;2*4-7H,1-3H3. The van der Waals surface area contributed by atoms with Crippen molar-refractivity contribution in [2.45, 2.75) is 80.1 Å². The van der Waals surface area contributed by atoms with Gasteiger partial charge in [-0.15, -0.1) is 0 Å². The van der Waals surface area contributed by atoms with Gasteiger partial charge in [0.25, 0.3) is 0 Å². The van der Waals surface area contributed by atoms with Crippen LogP contribution in [0.25, 0.3) is 0 Å². The van der Waals surface area contributed by atoms with E-state index in [2.05, 4.69) is 66.9 Å². The molecule has 3 nitrogen and oxygen atoms in total. The predicted octanol–water partition coefficient (Wildman–Crippen LogP) is 7.68. The lowest BCUT2D eigenvalue weighted by Gasteiger charge is -2.06. The number of rotatable bonds is 3. The van der Waals surface area contributed by atoms with Crippen molar-refractivity contribution < 1.29 is 4.39 Å². The first-order valence-corrected chi connectivity index (χ1v) is 11.0. The molecule has 0 fully saturated rings. The highest BCUT2D eigenvalue weighted by atomic mass is 19.1. The molecule has 0 atom stereocenters. The quantitative estimate of drug-likeness (QED) is 0.433. The molecule has 0 unspecified atom stereocenters. The van der Waals surface area contributed by atoms with E-state index in [1.165, 1.54) is 11.1 Å². The van der Waals surface area contributed by atoms with Crippen molar-refractivity contribution in [2.75, 3.05) is 0 Å². The lowest BCUT2D eigenvalue weighted by molar-refractivity contribution is 0.581. The van der Waals surface area contributed by atoms with Crippen LogP contribution in [0.15, 0.2) is 48.9 Å². The normalized spacial score (nSPS) is 10.5. The molecule has 168 valence electrons. The Morgan fingerprint density at radius 1 is 0.613 bits per heavy atom. The summed E-state index contributed by atoms with van der Waals surface area (Å²) in [6, 6.07) is 10.1. The van der Waals surface area contributed by atoms with Gasteiger partial charge in [0.15, 0.2) is 0 Å². The first kappa shape index (κ1) is 26.4. The number of nitrogens with zero attached hydrogens (tertiary/aromatic N) is 3. The van der Waals surface area contributed by atoms with Crippen LogP contribution in [0.2, 0.25) is 0 Å². The predicted molar refractivity (Wildman–Crippen MR) is 129 cm³/mol. The van der Waals surface area contributed by atoms with Gasteiger partial charge in [-0.1, -0.05) is 41.5 Å². The topological polar surface area (TPSA) is 38.7 Å². The second-order valence-corrected chi connectivity index (χ2v) is 8.72. The minimum absolute atomic E-state index is 0.164. The lowest BCUT2D eigenvalue weighted by atomic mass is 10.0. The van der Waals surface area contributed by atoms with Crippen LogP contribution in [0.3, 0.4) is 0 Å². The summed E-state index contributed by atoms with van der Waals surface area (Å²) in [5, 5.41) is 0. The van der Waals surface area contributed by atoms with Gasteiger partial charge < -0.3 is 0 Å². The van der Waals surface area contributed by atoms with E-state index < -0.39 is 0 Å². The highest BCUT2D eigenvalue weighted by Crippen LogP contribution is 2.18. The van der Waals surface area contributed by atoms with E-state index in [9.17, 15) is 4.39 Å². The van der Waals surface area contributed by atoms with Crippen LogP contribution in [0, 0.1) is 26.6 Å². The number of aryl methyl sites for hydroxylation is 3. The molecule has 0 spiro atoms. The molecule has 0 aliphatic carbocycles. The van der Waals surface area contributed by atoms with Crippen LogP contribution >= 0.6 is 0 Å². The van der Waals surface area contributed by atoms with E-state index >= 15 is 0 Å². The van der Waals surface area contributed by atoms with Crippen molar-refractivity contribution in [1.82, 2.24) is 15.0 Å². The van der Waals surface area contributed by atoms with Crippen molar-refractivity contribution >= 4 is 0 Å². The maximum absolute atomic E-state index is 13.2. The minimum Gasteiger partial charge on any atom is -0.262 e. The molecule has 4 heteroatoms. The van der Waals surface area contributed by atoms with Crippen molar-refractivity contribution in [3.8, 4) is 0 Å². The fraction of sp³-hybridized carbons (Fsp3) is 0.444. The number of hydrogen-bond acceptors (Lipinski definition) is 3. The molecule has 0 bridgehead atoms. The van der Waals surface area contributed by atoms with Gasteiger partial charge in [0.1, 0.15) is 5.82 Å². The molecule has 0 saturated carbocycles. The number of hydrogen-bond donors (Lipinski definition) is 0. The first-order valence-electron chi connectivity index (χ1n) is 11.0. The Balaban J connectivity index is 0.000000233. The second-order valence-electron chi connectivity index (χ2n) is 8.72. The molecule has 0 N–H and O–H groups in total. The Kier molecular flexibility index (Phi) is 11.0. The Bertz CT molecular complexity index is 884. The van der Waals surface area contributed by atoms with Crippen molar-refractivity contribution in [1.29, 1.82) is 0 Å². The zero-order chi connectivity index (χ0) is 23.6. The van der Waals surface area contributed by atoms with Crippen molar-refractivity contribution in [3.05, 3.63) is 88.5 Å². The van der Waals surface area contributed by atoms with Crippen LogP contribution in [0.4, 0.5) is 4.39 Å². The molecular weight excluding hydrogens is 385 g/mol. The SMILES string of the molecule is Cc1cc(C(C)C)ccn1.Cc1cc(C(C)C)ccn1.Cc1nccc(C(C)C)c1F. The number of halogens is 1. The molecular formula is C27H38FN3. The maximum atomic E-state index is 13.2. The Morgan fingerprint density at radius 2 is 1.03 bits per heavy atom. The molecule has 3 aromatic heterocycles. The summed E-state index contributed by atoms with van der Waals surface area (Å²) in [6.45, 7) is 18.4. The van der Waals surface area contributed by atoms with Gasteiger partial charge in [0, 0.05) is 30.0 Å². The van der Waals surface area contributed by atoms with Gasteiger partial charge in [-0.05, 0) is 85.5 Å². The number of aromatic nitrogens is 3. The fourth-order valence-corrected chi connectivity index (χ4v) is 2.87. The van der Waals surface area contributed by atoms with E-state index in [1.807, 2.05) is 40.1 Å². The molecule has 0 saturated heterocycles. The van der Waals surface area contributed by atoms with Crippen molar-refractivity contribution in [2.24, 2.45) is 0 Å². The van der Waals surface area contributed by atoms with Crippen LogP contribution in [-0.2, 0) is 0 Å². The molecule has 0 amide bonds. The van der Waals surface area contributed by atoms with Gasteiger partial charge in [0.2, 0.25) is 0 Å². The third-order valence-corrected chi connectivity index (χ3v) is 4.89. The van der Waals surface area contributed by atoms with Gasteiger partial charge in [-0.25, -0.2) is 4.39 Å². The fourth-order valence-electron chi connectivity index (χ4n) is 2.87. The molecule has 0 aliphatic heterocycles.